The van der Waals surface area contributed by atoms with E-state index in [4.69, 9.17) is 19.1 Å². The first kappa shape index (κ1) is 46.1. The Kier molecular flexibility index (Phi) is 25.7. The lowest BCUT2D eigenvalue weighted by Crippen LogP contribution is -2.30. The Morgan fingerprint density at radius 1 is 0.627 bits per heavy atom. The predicted molar refractivity (Wildman–Crippen MR) is 199 cm³/mol. The van der Waals surface area contributed by atoms with Gasteiger partial charge in [0.1, 0.15) is 12.7 Å². The topological polar surface area (TPSA) is 152 Å². The molecule has 0 aliphatic heterocycles. The van der Waals surface area contributed by atoms with Gasteiger partial charge in [-0.1, -0.05) is 142 Å². The van der Waals surface area contributed by atoms with Crippen LogP contribution in [0.1, 0.15) is 181 Å². The third-order valence-corrected chi connectivity index (χ3v) is 11.6. The van der Waals surface area contributed by atoms with Gasteiger partial charge in [-0.25, -0.2) is 0 Å². The van der Waals surface area contributed by atoms with Crippen molar-refractivity contribution in [1.82, 2.24) is 0 Å². The van der Waals surface area contributed by atoms with Gasteiger partial charge in [0.25, 0.3) is 7.82 Å². The highest BCUT2D eigenvalue weighted by molar-refractivity contribution is 7.45. The lowest BCUT2D eigenvalue weighted by Gasteiger charge is -2.26. The summed E-state index contributed by atoms with van der Waals surface area (Å²) in [5.41, 5.74) is 0. The Morgan fingerprint density at radius 2 is 1.04 bits per heavy atom. The van der Waals surface area contributed by atoms with Gasteiger partial charge in [-0.05, 0) is 49.4 Å². The molecule has 0 aromatic rings. The summed E-state index contributed by atoms with van der Waals surface area (Å²) < 4.78 is 32.4. The molecule has 11 heteroatoms. The summed E-state index contributed by atoms with van der Waals surface area (Å²) in [5.74, 6) is 2.83. The van der Waals surface area contributed by atoms with Crippen molar-refractivity contribution in [2.45, 2.75) is 193 Å². The second kappa shape index (κ2) is 28.4. The molecule has 0 heterocycles. The number of rotatable bonds is 36. The molecule has 300 valence electrons. The van der Waals surface area contributed by atoms with E-state index in [1.165, 1.54) is 109 Å². The third kappa shape index (κ3) is 24.8. The van der Waals surface area contributed by atoms with Crippen molar-refractivity contribution in [3.05, 3.63) is 0 Å². The van der Waals surface area contributed by atoms with Gasteiger partial charge in [-0.15, -0.1) is 0 Å². The molecule has 0 radical (unpaired) electrons. The molecule has 2 aliphatic rings. The first-order valence-corrected chi connectivity index (χ1v) is 22.4. The average Bonchev–Trinajstić information content (AvgIpc) is 4.05. The minimum absolute atomic E-state index is 0.182. The van der Waals surface area contributed by atoms with Crippen molar-refractivity contribution in [3.8, 4) is 0 Å². The van der Waals surface area contributed by atoms with Gasteiger partial charge in [0.15, 0.2) is 6.10 Å². The maximum atomic E-state index is 12.6. The van der Waals surface area contributed by atoms with Crippen LogP contribution in [0.25, 0.3) is 0 Å². The van der Waals surface area contributed by atoms with Gasteiger partial charge in [0.2, 0.25) is 0 Å². The van der Waals surface area contributed by atoms with E-state index in [0.29, 0.717) is 12.8 Å². The molecule has 2 saturated carbocycles. The number of carbonyl (C=O) groups is 2. The summed E-state index contributed by atoms with van der Waals surface area (Å²) in [6, 6.07) is 0. The fourth-order valence-electron chi connectivity index (χ4n) is 7.17. The van der Waals surface area contributed by atoms with Crippen LogP contribution in [-0.2, 0) is 32.7 Å². The highest BCUT2D eigenvalue weighted by Gasteiger charge is 2.35. The fraction of sp³-hybridized carbons (Fsp3) is 0.950. The first-order chi connectivity index (χ1) is 24.7. The second-order valence-corrected chi connectivity index (χ2v) is 16.9. The van der Waals surface area contributed by atoms with Crippen molar-refractivity contribution in [1.29, 1.82) is 0 Å². The van der Waals surface area contributed by atoms with Crippen LogP contribution in [0.5, 0.6) is 0 Å². The largest absolute Gasteiger partial charge is 0.756 e. The van der Waals surface area contributed by atoms with Gasteiger partial charge in [0.05, 0.1) is 19.8 Å². The van der Waals surface area contributed by atoms with E-state index in [-0.39, 0.29) is 19.4 Å². The van der Waals surface area contributed by atoms with E-state index in [1.807, 2.05) is 0 Å². The van der Waals surface area contributed by atoms with E-state index in [1.54, 1.807) is 0 Å². The number of esters is 2. The van der Waals surface area contributed by atoms with Crippen LogP contribution in [-0.4, -0.2) is 60.8 Å². The Bertz CT molecular complexity index is 948. The molecular formula is C40H74O10P-. The van der Waals surface area contributed by atoms with Crippen molar-refractivity contribution in [2.75, 3.05) is 26.4 Å². The van der Waals surface area contributed by atoms with Gasteiger partial charge < -0.3 is 33.6 Å². The maximum absolute atomic E-state index is 12.6. The zero-order chi connectivity index (χ0) is 37.2. The van der Waals surface area contributed by atoms with Crippen molar-refractivity contribution in [2.24, 2.45) is 23.7 Å². The van der Waals surface area contributed by atoms with Gasteiger partial charge in [-0.3, -0.25) is 14.2 Å². The number of phosphoric ester groups is 1. The van der Waals surface area contributed by atoms with Gasteiger partial charge >= 0.3 is 11.9 Å². The van der Waals surface area contributed by atoms with Crippen LogP contribution in [0.4, 0.5) is 0 Å². The van der Waals surface area contributed by atoms with Crippen LogP contribution < -0.4 is 4.89 Å². The number of phosphoric acid groups is 1. The van der Waals surface area contributed by atoms with Crippen LogP contribution in [0, 0.1) is 23.7 Å². The summed E-state index contributed by atoms with van der Waals surface area (Å²) >= 11 is 0. The monoisotopic (exact) mass is 746 g/mol. The zero-order valence-electron chi connectivity index (χ0n) is 32.3. The molecule has 2 rings (SSSR count). The summed E-state index contributed by atoms with van der Waals surface area (Å²) in [6.45, 7) is 2.25. The third-order valence-electron chi connectivity index (χ3n) is 10.7. The van der Waals surface area contributed by atoms with E-state index in [2.05, 4.69) is 18.4 Å². The molecule has 7 atom stereocenters. The molecule has 0 amide bonds. The maximum Gasteiger partial charge on any atom is 0.306 e. The second-order valence-electron chi connectivity index (χ2n) is 15.5. The molecule has 0 aromatic carbocycles. The molecule has 2 N–H and O–H groups in total. The first-order valence-electron chi connectivity index (χ1n) is 20.9. The quantitative estimate of drug-likeness (QED) is 0.0361. The van der Waals surface area contributed by atoms with E-state index in [9.17, 15) is 24.2 Å². The Morgan fingerprint density at radius 3 is 1.51 bits per heavy atom. The zero-order valence-corrected chi connectivity index (χ0v) is 33.2. The molecule has 2 fully saturated rings. The average molecular weight is 746 g/mol. The van der Waals surface area contributed by atoms with Crippen molar-refractivity contribution < 1.29 is 47.8 Å². The van der Waals surface area contributed by atoms with Crippen LogP contribution in [0.3, 0.4) is 0 Å². The number of hydrogen-bond donors (Lipinski definition) is 2. The summed E-state index contributed by atoms with van der Waals surface area (Å²) in [7, 11) is -4.86. The smallest absolute Gasteiger partial charge is 0.306 e. The number of hydrogen-bond acceptors (Lipinski definition) is 10. The molecule has 0 spiro atoms. The molecular weight excluding hydrogens is 671 g/mol. The summed E-state index contributed by atoms with van der Waals surface area (Å²) in [4.78, 5) is 37.2. The fourth-order valence-corrected chi connectivity index (χ4v) is 7.95. The molecule has 0 bridgehead atoms. The Hall–Kier alpha value is -1.03. The Labute approximate surface area is 310 Å². The SMILES string of the molecule is CCCCCCC1CC1CCCCCCCC(=O)OC[C@H](COP(=O)([O-])OC[C@@H](O)CO)OC(=O)CCCCCCCC1CC1CCCCCC. The van der Waals surface area contributed by atoms with Crippen LogP contribution >= 0.6 is 7.82 Å². The minimum Gasteiger partial charge on any atom is -0.756 e. The lowest BCUT2D eigenvalue weighted by atomic mass is 10.0. The predicted octanol–water partition coefficient (Wildman–Crippen LogP) is 8.97. The molecule has 0 saturated heterocycles. The number of aliphatic hydroxyl groups excluding tert-OH is 2. The van der Waals surface area contributed by atoms with E-state index >= 15 is 0 Å². The number of unbranched alkanes of at least 4 members (excludes halogenated alkanes) is 14. The van der Waals surface area contributed by atoms with E-state index < -0.39 is 51.8 Å². The van der Waals surface area contributed by atoms with Crippen LogP contribution in [0.15, 0.2) is 0 Å². The highest BCUT2D eigenvalue weighted by atomic mass is 31.2. The lowest BCUT2D eigenvalue weighted by molar-refractivity contribution is -0.230. The Balaban J connectivity index is 1.59. The minimum atomic E-state index is -4.86. The molecule has 5 unspecified atom stereocenters. The number of aliphatic hydroxyl groups is 2. The van der Waals surface area contributed by atoms with Crippen molar-refractivity contribution in [3.63, 3.8) is 0 Å². The van der Waals surface area contributed by atoms with E-state index in [0.717, 1.165) is 55.8 Å². The normalized spacial score (nSPS) is 21.9. The molecule has 2 aliphatic carbocycles. The molecule has 0 aromatic heterocycles. The van der Waals surface area contributed by atoms with Gasteiger partial charge in [0, 0.05) is 12.8 Å². The number of carbonyl (C=O) groups excluding carboxylic acids is 2. The van der Waals surface area contributed by atoms with Gasteiger partial charge in [-0.2, -0.15) is 0 Å². The molecule has 10 nitrogen and oxygen atoms in total. The number of ether oxygens (including phenoxy) is 2. The highest BCUT2D eigenvalue weighted by Crippen LogP contribution is 2.46. The summed E-state index contributed by atoms with van der Waals surface area (Å²) in [6.07, 6.45) is 27.1. The molecule has 51 heavy (non-hydrogen) atoms. The van der Waals surface area contributed by atoms with Crippen LogP contribution in [0.2, 0.25) is 0 Å². The summed E-state index contributed by atoms with van der Waals surface area (Å²) in [5, 5.41) is 18.3. The van der Waals surface area contributed by atoms with Crippen molar-refractivity contribution >= 4 is 19.8 Å². The standard InChI is InChI=1S/C40H75O10P/c1-3-5-7-15-21-33-27-35(33)23-17-11-9-13-19-25-39(43)47-31-38(32-49-51(45,46)48-30-37(42)29-41)50-40(44)26-20-14-10-12-18-24-36-28-34(36)22-16-8-6-4-2/h33-38,41-42H,3-32H2,1-2H3,(H,45,46)/p-1/t33?,34?,35?,36?,37-,38+/m0/s1.